The van der Waals surface area contributed by atoms with E-state index in [9.17, 15) is 14.7 Å². The number of hydrogen-bond acceptors (Lipinski definition) is 3. The monoisotopic (exact) mass is 300 g/mol. The summed E-state index contributed by atoms with van der Waals surface area (Å²) < 4.78 is 0. The normalized spacial score (nSPS) is 10.7. The summed E-state index contributed by atoms with van der Waals surface area (Å²) in [7, 11) is 0. The Kier molecular flexibility index (Phi) is 4.90. The molecule has 0 aliphatic heterocycles. The van der Waals surface area contributed by atoms with Crippen molar-refractivity contribution in [3.8, 4) is 5.75 Å². The van der Waals surface area contributed by atoms with Crippen LogP contribution in [0.1, 0.15) is 22.3 Å². The Balaban J connectivity index is 2.00. The first-order chi connectivity index (χ1) is 10.1. The lowest BCUT2D eigenvalue weighted by Gasteiger charge is -2.01. The van der Waals surface area contributed by atoms with Crippen LogP contribution >= 0.6 is 11.6 Å². The number of phenolic OH excluding ortho intramolecular Hbond substituents is 1. The highest BCUT2D eigenvalue weighted by atomic mass is 35.5. The van der Waals surface area contributed by atoms with Gasteiger partial charge in [-0.05, 0) is 35.9 Å². The van der Waals surface area contributed by atoms with Gasteiger partial charge in [0.1, 0.15) is 5.75 Å². The van der Waals surface area contributed by atoms with Gasteiger partial charge in [-0.1, -0.05) is 41.9 Å². The van der Waals surface area contributed by atoms with Crippen LogP contribution in [0.2, 0.25) is 5.02 Å². The highest BCUT2D eigenvalue weighted by molar-refractivity contribution is 6.30. The van der Waals surface area contributed by atoms with Gasteiger partial charge in [-0.3, -0.25) is 9.59 Å². The van der Waals surface area contributed by atoms with Crippen molar-refractivity contribution in [2.24, 2.45) is 0 Å². The third kappa shape index (κ3) is 4.29. The maximum absolute atomic E-state index is 11.9. The molecule has 21 heavy (non-hydrogen) atoms. The first-order valence-corrected chi connectivity index (χ1v) is 6.72. The zero-order valence-electron chi connectivity index (χ0n) is 11.1. The van der Waals surface area contributed by atoms with Crippen molar-refractivity contribution < 1.29 is 14.7 Å². The number of para-hydroxylation sites is 1. The fourth-order valence-electron chi connectivity index (χ4n) is 1.78. The summed E-state index contributed by atoms with van der Waals surface area (Å²) >= 11 is 5.77. The minimum Gasteiger partial charge on any atom is -0.507 e. The summed E-state index contributed by atoms with van der Waals surface area (Å²) in [5.41, 5.74) is 0.980. The van der Waals surface area contributed by atoms with Crippen LogP contribution in [0, 0.1) is 0 Å². The molecular weight excluding hydrogens is 288 g/mol. The average molecular weight is 301 g/mol. The van der Waals surface area contributed by atoms with E-state index in [2.05, 4.69) is 0 Å². The van der Waals surface area contributed by atoms with E-state index in [0.717, 1.165) is 5.56 Å². The zero-order chi connectivity index (χ0) is 15.2. The molecule has 0 bridgehead atoms. The average Bonchev–Trinajstić information content (AvgIpc) is 2.47. The van der Waals surface area contributed by atoms with Gasteiger partial charge in [0.2, 0.25) is 0 Å². The predicted molar refractivity (Wildman–Crippen MR) is 82.5 cm³/mol. The van der Waals surface area contributed by atoms with E-state index in [4.69, 9.17) is 11.6 Å². The van der Waals surface area contributed by atoms with Gasteiger partial charge in [0.05, 0.1) is 12.0 Å². The lowest BCUT2D eigenvalue weighted by atomic mass is 10.0. The molecule has 3 nitrogen and oxygen atoms in total. The number of carbonyl (C=O) groups excluding carboxylic acids is 2. The molecular formula is C17H13ClO3. The Bertz CT molecular complexity index is 687. The van der Waals surface area contributed by atoms with Crippen molar-refractivity contribution in [3.63, 3.8) is 0 Å². The number of phenols is 1. The smallest absolute Gasteiger partial charge is 0.174 e. The summed E-state index contributed by atoms with van der Waals surface area (Å²) in [6.07, 6.45) is 2.69. The standard InChI is InChI=1S/C17H13ClO3/c18-13-8-5-12(6-9-13)7-10-14(19)11-17(21)15-3-1-2-4-16(15)20/h1-10,20H,11H2. The molecule has 0 fully saturated rings. The number of carbonyl (C=O) groups is 2. The van der Waals surface area contributed by atoms with E-state index in [1.807, 2.05) is 0 Å². The Labute approximate surface area is 127 Å². The maximum atomic E-state index is 11.9. The fourth-order valence-corrected chi connectivity index (χ4v) is 1.91. The van der Waals surface area contributed by atoms with Gasteiger partial charge >= 0.3 is 0 Å². The summed E-state index contributed by atoms with van der Waals surface area (Å²) in [5, 5.41) is 10.2. The molecule has 0 radical (unpaired) electrons. The van der Waals surface area contributed by atoms with Crippen molar-refractivity contribution in [1.82, 2.24) is 0 Å². The fraction of sp³-hybridized carbons (Fsp3) is 0.0588. The van der Waals surface area contributed by atoms with Crippen molar-refractivity contribution >= 4 is 29.2 Å². The lowest BCUT2D eigenvalue weighted by molar-refractivity contribution is -0.113. The van der Waals surface area contributed by atoms with Crippen LogP contribution in [0.25, 0.3) is 6.08 Å². The Hall–Kier alpha value is -2.39. The van der Waals surface area contributed by atoms with E-state index in [1.165, 1.54) is 18.2 Å². The molecule has 0 spiro atoms. The number of aromatic hydroxyl groups is 1. The molecule has 0 heterocycles. The summed E-state index contributed by atoms with van der Waals surface area (Å²) in [5.74, 6) is -0.839. The predicted octanol–water partition coefficient (Wildman–Crippen LogP) is 3.90. The number of halogens is 1. The highest BCUT2D eigenvalue weighted by Gasteiger charge is 2.13. The summed E-state index contributed by atoms with van der Waals surface area (Å²) in [6, 6.07) is 13.2. The SMILES string of the molecule is O=C(C=Cc1ccc(Cl)cc1)CC(=O)c1ccccc1O. The molecule has 0 aliphatic rings. The van der Waals surface area contributed by atoms with Crippen LogP contribution in [0.4, 0.5) is 0 Å². The molecule has 0 saturated carbocycles. The largest absolute Gasteiger partial charge is 0.507 e. The van der Waals surface area contributed by atoms with E-state index in [0.29, 0.717) is 5.02 Å². The quantitative estimate of drug-likeness (QED) is 0.517. The minimum atomic E-state index is -0.404. The number of rotatable bonds is 5. The first kappa shape index (κ1) is 15.0. The first-order valence-electron chi connectivity index (χ1n) is 6.34. The minimum absolute atomic E-state index is 0.114. The number of benzene rings is 2. The van der Waals surface area contributed by atoms with Crippen molar-refractivity contribution in [2.75, 3.05) is 0 Å². The number of Topliss-reactive ketones (excluding diaryl/α,β-unsaturated/α-hetero) is 1. The van der Waals surface area contributed by atoms with Gasteiger partial charge in [-0.2, -0.15) is 0 Å². The molecule has 0 amide bonds. The van der Waals surface area contributed by atoms with E-state index in [1.54, 1.807) is 42.5 Å². The van der Waals surface area contributed by atoms with E-state index in [-0.39, 0.29) is 23.5 Å². The Morgan fingerprint density at radius 3 is 2.38 bits per heavy atom. The molecule has 0 aliphatic carbocycles. The van der Waals surface area contributed by atoms with Crippen molar-refractivity contribution in [2.45, 2.75) is 6.42 Å². The van der Waals surface area contributed by atoms with E-state index >= 15 is 0 Å². The van der Waals surface area contributed by atoms with E-state index < -0.39 is 5.78 Å². The third-order valence-corrected chi connectivity index (χ3v) is 3.12. The van der Waals surface area contributed by atoms with Crippen LogP contribution < -0.4 is 0 Å². The van der Waals surface area contributed by atoms with Gasteiger partial charge in [0, 0.05) is 5.02 Å². The topological polar surface area (TPSA) is 54.4 Å². The number of allylic oxidation sites excluding steroid dienone is 1. The molecule has 2 aromatic carbocycles. The molecule has 2 aromatic rings. The van der Waals surface area contributed by atoms with Gasteiger partial charge in [0.25, 0.3) is 0 Å². The second-order valence-electron chi connectivity index (χ2n) is 4.47. The van der Waals surface area contributed by atoms with Gasteiger partial charge < -0.3 is 5.11 Å². The maximum Gasteiger partial charge on any atom is 0.174 e. The van der Waals surface area contributed by atoms with Gasteiger partial charge in [-0.25, -0.2) is 0 Å². The van der Waals surface area contributed by atoms with Crippen molar-refractivity contribution in [3.05, 3.63) is 70.8 Å². The molecule has 0 aromatic heterocycles. The van der Waals surface area contributed by atoms with Crippen LogP contribution in [0.5, 0.6) is 5.75 Å². The molecule has 4 heteroatoms. The summed E-state index contributed by atoms with van der Waals surface area (Å²) in [6.45, 7) is 0. The second-order valence-corrected chi connectivity index (χ2v) is 4.90. The highest BCUT2D eigenvalue weighted by Crippen LogP contribution is 2.17. The van der Waals surface area contributed by atoms with Crippen LogP contribution in [-0.4, -0.2) is 16.7 Å². The summed E-state index contributed by atoms with van der Waals surface area (Å²) in [4.78, 5) is 23.7. The molecule has 0 saturated heterocycles. The molecule has 0 atom stereocenters. The van der Waals surface area contributed by atoms with Crippen LogP contribution in [0.15, 0.2) is 54.6 Å². The van der Waals surface area contributed by atoms with Crippen molar-refractivity contribution in [1.29, 1.82) is 0 Å². The number of ketones is 2. The third-order valence-electron chi connectivity index (χ3n) is 2.87. The van der Waals surface area contributed by atoms with Gasteiger partial charge in [0.15, 0.2) is 11.6 Å². The molecule has 0 unspecified atom stereocenters. The van der Waals surface area contributed by atoms with Crippen LogP contribution in [-0.2, 0) is 4.79 Å². The Morgan fingerprint density at radius 2 is 1.71 bits per heavy atom. The van der Waals surface area contributed by atoms with Gasteiger partial charge in [-0.15, -0.1) is 0 Å². The molecule has 2 rings (SSSR count). The Morgan fingerprint density at radius 1 is 1.05 bits per heavy atom. The zero-order valence-corrected chi connectivity index (χ0v) is 11.9. The number of hydrogen-bond donors (Lipinski definition) is 1. The second kappa shape index (κ2) is 6.86. The van der Waals surface area contributed by atoms with Crippen LogP contribution in [0.3, 0.4) is 0 Å². The lowest BCUT2D eigenvalue weighted by Crippen LogP contribution is -2.06. The molecule has 106 valence electrons. The molecule has 1 N–H and O–H groups in total.